The Morgan fingerprint density at radius 3 is 2.38 bits per heavy atom. The van der Waals surface area contributed by atoms with E-state index in [4.69, 9.17) is 0 Å². The summed E-state index contributed by atoms with van der Waals surface area (Å²) in [5, 5.41) is 21.6. The number of nitro benzene ring substituents is 1. The van der Waals surface area contributed by atoms with Crippen molar-refractivity contribution in [3.05, 3.63) is 44.5 Å². The summed E-state index contributed by atoms with van der Waals surface area (Å²) < 4.78 is 0. The fourth-order valence-corrected chi connectivity index (χ4v) is 1.34. The molecule has 1 rings (SSSR count). The van der Waals surface area contributed by atoms with Gasteiger partial charge in [0.05, 0.1) is 11.5 Å². The summed E-state index contributed by atoms with van der Waals surface area (Å²) in [7, 11) is 0. The minimum absolute atomic E-state index is 0.0133. The number of nitrogens with zero attached hydrogens (tertiary/aromatic N) is 3. The topological polar surface area (TPSA) is 89.5 Å². The summed E-state index contributed by atoms with van der Waals surface area (Å²) in [5.41, 5.74) is -0.244. The predicted molar refractivity (Wildman–Crippen MR) is 57.7 cm³/mol. The van der Waals surface area contributed by atoms with Crippen LogP contribution in [0.5, 0.6) is 0 Å². The summed E-state index contributed by atoms with van der Waals surface area (Å²) in [5.74, 6) is 0. The molecule has 7 nitrogen and oxygen atoms in total. The molecule has 0 heterocycles. The third-order valence-corrected chi connectivity index (χ3v) is 1.99. The smallest absolute Gasteiger partial charge is 0.258 e. The van der Waals surface area contributed by atoms with Crippen LogP contribution in [0.1, 0.15) is 13.3 Å². The van der Waals surface area contributed by atoms with E-state index in [-0.39, 0.29) is 17.9 Å². The second-order valence-electron chi connectivity index (χ2n) is 3.11. The van der Waals surface area contributed by atoms with Gasteiger partial charge in [0, 0.05) is 6.07 Å². The second-order valence-corrected chi connectivity index (χ2v) is 3.11. The number of nitro groups is 2. The molecule has 0 saturated heterocycles. The van der Waals surface area contributed by atoms with Crippen LogP contribution in [-0.2, 0) is 0 Å². The minimum Gasteiger partial charge on any atom is -0.258 e. The molecule has 0 aromatic heterocycles. The van der Waals surface area contributed by atoms with Gasteiger partial charge in [0.1, 0.15) is 0 Å². The molecule has 0 aliphatic carbocycles. The number of hydrazine groups is 1. The molecule has 0 atom stereocenters. The molecule has 7 heteroatoms. The fraction of sp³-hybridized carbons (Fsp3) is 0.333. The standard InChI is InChI=1S/C9H11N3O4/c1-2-7-10(12(15)16)8-5-3-4-6-9(8)11(13)14/h3-6H,2,7H2,1H3. The van der Waals surface area contributed by atoms with Crippen LogP contribution in [-0.4, -0.2) is 16.5 Å². The van der Waals surface area contributed by atoms with Crippen molar-refractivity contribution in [1.29, 1.82) is 0 Å². The highest BCUT2D eigenvalue weighted by atomic mass is 16.7. The van der Waals surface area contributed by atoms with Crippen LogP contribution in [0, 0.1) is 20.2 Å². The molecule has 0 fully saturated rings. The monoisotopic (exact) mass is 225 g/mol. The van der Waals surface area contributed by atoms with Gasteiger partial charge in [-0.05, 0) is 12.5 Å². The van der Waals surface area contributed by atoms with Crippen molar-refractivity contribution in [3.8, 4) is 0 Å². The minimum atomic E-state index is -0.633. The first-order valence-electron chi connectivity index (χ1n) is 4.73. The average Bonchev–Trinajstić information content (AvgIpc) is 2.25. The molecule has 0 N–H and O–H groups in total. The number of anilines is 1. The van der Waals surface area contributed by atoms with Gasteiger partial charge in [0.15, 0.2) is 10.7 Å². The van der Waals surface area contributed by atoms with Crippen LogP contribution in [0.3, 0.4) is 0 Å². The van der Waals surface area contributed by atoms with E-state index < -0.39 is 9.96 Å². The van der Waals surface area contributed by atoms with Crippen molar-refractivity contribution in [1.82, 2.24) is 0 Å². The van der Waals surface area contributed by atoms with E-state index in [0.717, 1.165) is 5.01 Å². The Morgan fingerprint density at radius 1 is 1.25 bits per heavy atom. The van der Waals surface area contributed by atoms with Gasteiger partial charge in [-0.15, -0.1) is 0 Å². The molecule has 1 aromatic carbocycles. The van der Waals surface area contributed by atoms with Crippen molar-refractivity contribution in [3.63, 3.8) is 0 Å². The van der Waals surface area contributed by atoms with E-state index in [1.807, 2.05) is 0 Å². The highest BCUT2D eigenvalue weighted by molar-refractivity contribution is 5.61. The van der Waals surface area contributed by atoms with Crippen LogP contribution in [0.2, 0.25) is 0 Å². The molecule has 0 spiro atoms. The van der Waals surface area contributed by atoms with Gasteiger partial charge in [0.25, 0.3) is 5.69 Å². The zero-order valence-electron chi connectivity index (χ0n) is 8.70. The lowest BCUT2D eigenvalue weighted by atomic mass is 10.2. The first kappa shape index (κ1) is 11.9. The third-order valence-electron chi connectivity index (χ3n) is 1.99. The number of benzene rings is 1. The van der Waals surface area contributed by atoms with Crippen molar-refractivity contribution >= 4 is 11.4 Å². The number of rotatable bonds is 5. The Hall–Kier alpha value is -2.18. The van der Waals surface area contributed by atoms with E-state index in [2.05, 4.69) is 0 Å². The molecule has 16 heavy (non-hydrogen) atoms. The van der Waals surface area contributed by atoms with Gasteiger partial charge in [-0.2, -0.15) is 0 Å². The molecule has 0 saturated carbocycles. The first-order chi connectivity index (χ1) is 7.57. The van der Waals surface area contributed by atoms with E-state index in [9.17, 15) is 20.2 Å². The van der Waals surface area contributed by atoms with E-state index >= 15 is 0 Å². The Kier molecular flexibility index (Phi) is 3.76. The fourth-order valence-electron chi connectivity index (χ4n) is 1.34. The zero-order chi connectivity index (χ0) is 12.1. The van der Waals surface area contributed by atoms with Gasteiger partial charge in [-0.1, -0.05) is 24.1 Å². The summed E-state index contributed by atoms with van der Waals surface area (Å²) in [6.45, 7) is 1.91. The molecule has 0 amide bonds. The normalized spacial score (nSPS) is 9.81. The SMILES string of the molecule is CCCN(c1ccccc1[N+](=O)[O-])[N+](=O)[O-]. The Bertz CT molecular complexity index is 407. The molecule has 0 aliphatic rings. The largest absolute Gasteiger partial charge is 0.298 e. The molecule has 0 bridgehead atoms. The van der Waals surface area contributed by atoms with Crippen molar-refractivity contribution < 1.29 is 9.96 Å². The third kappa shape index (κ3) is 2.44. The quantitative estimate of drug-likeness (QED) is 0.564. The van der Waals surface area contributed by atoms with Crippen LogP contribution < -0.4 is 5.01 Å². The van der Waals surface area contributed by atoms with Crippen LogP contribution in [0.15, 0.2) is 24.3 Å². The number of hydrogen-bond donors (Lipinski definition) is 0. The summed E-state index contributed by atoms with van der Waals surface area (Å²) in [6, 6.07) is 5.64. The Balaban J connectivity index is 3.17. The van der Waals surface area contributed by atoms with E-state index in [0.29, 0.717) is 6.42 Å². The van der Waals surface area contributed by atoms with Crippen LogP contribution >= 0.6 is 0 Å². The molecule has 0 radical (unpaired) electrons. The maximum Gasteiger partial charge on any atom is 0.298 e. The van der Waals surface area contributed by atoms with Crippen LogP contribution in [0.25, 0.3) is 0 Å². The van der Waals surface area contributed by atoms with Gasteiger partial charge in [-0.25, -0.2) is 10.1 Å². The van der Waals surface area contributed by atoms with E-state index in [1.54, 1.807) is 6.92 Å². The highest BCUT2D eigenvalue weighted by Crippen LogP contribution is 2.27. The van der Waals surface area contributed by atoms with Gasteiger partial charge < -0.3 is 0 Å². The molecule has 1 aromatic rings. The van der Waals surface area contributed by atoms with Crippen molar-refractivity contribution in [2.24, 2.45) is 0 Å². The predicted octanol–water partition coefficient (Wildman–Crippen LogP) is 2.00. The second kappa shape index (κ2) is 5.06. The van der Waals surface area contributed by atoms with E-state index in [1.165, 1.54) is 24.3 Å². The average molecular weight is 225 g/mol. The maximum absolute atomic E-state index is 10.8. The molecule has 0 aliphatic heterocycles. The Morgan fingerprint density at radius 2 is 1.88 bits per heavy atom. The van der Waals surface area contributed by atoms with Gasteiger partial charge >= 0.3 is 0 Å². The van der Waals surface area contributed by atoms with Crippen LogP contribution in [0.4, 0.5) is 11.4 Å². The van der Waals surface area contributed by atoms with Gasteiger partial charge in [-0.3, -0.25) is 10.1 Å². The Labute approximate surface area is 91.6 Å². The van der Waals surface area contributed by atoms with Crippen molar-refractivity contribution in [2.45, 2.75) is 13.3 Å². The first-order valence-corrected chi connectivity index (χ1v) is 4.73. The maximum atomic E-state index is 10.8. The molecular weight excluding hydrogens is 214 g/mol. The number of para-hydroxylation sites is 2. The molecule has 0 unspecified atom stereocenters. The summed E-state index contributed by atoms with van der Waals surface area (Å²) in [4.78, 5) is 20.9. The lowest BCUT2D eigenvalue weighted by Gasteiger charge is -2.12. The van der Waals surface area contributed by atoms with Crippen molar-refractivity contribution in [2.75, 3.05) is 11.6 Å². The summed E-state index contributed by atoms with van der Waals surface area (Å²) in [6.07, 6.45) is 0.535. The molecule has 86 valence electrons. The lowest BCUT2D eigenvalue weighted by Crippen LogP contribution is -2.31. The van der Waals surface area contributed by atoms with Gasteiger partial charge in [0.2, 0.25) is 0 Å². The number of hydrogen-bond acceptors (Lipinski definition) is 4. The summed E-state index contributed by atoms with van der Waals surface area (Å²) >= 11 is 0. The lowest BCUT2D eigenvalue weighted by molar-refractivity contribution is -0.496. The zero-order valence-corrected chi connectivity index (χ0v) is 8.70. The molecular formula is C9H11N3O4. The highest BCUT2D eigenvalue weighted by Gasteiger charge is 2.25.